The number of benzene rings is 1. The van der Waals surface area contributed by atoms with E-state index in [0.29, 0.717) is 21.2 Å². The van der Waals surface area contributed by atoms with Gasteiger partial charge in [0.25, 0.3) is 0 Å². The fraction of sp³-hybridized carbons (Fsp3) is 0.333. The molecule has 96 valence electrons. The molecule has 18 heavy (non-hydrogen) atoms. The van der Waals surface area contributed by atoms with Crippen LogP contribution in [0.15, 0.2) is 18.2 Å². The van der Waals surface area contributed by atoms with Crippen molar-refractivity contribution in [2.24, 2.45) is 0 Å². The summed E-state index contributed by atoms with van der Waals surface area (Å²) >= 11 is 1.90. The van der Waals surface area contributed by atoms with Gasteiger partial charge in [0.1, 0.15) is 9.52 Å². The lowest BCUT2D eigenvalue weighted by atomic mass is 10.2. The number of ether oxygens (including phenoxy) is 1. The third-order valence-corrected chi connectivity index (χ3v) is 3.27. The zero-order chi connectivity index (χ0) is 13.1. The predicted octanol–water partition coefficient (Wildman–Crippen LogP) is 3.56. The van der Waals surface area contributed by atoms with Gasteiger partial charge in [-0.15, -0.1) is 0 Å². The quantitative estimate of drug-likeness (QED) is 0.620. The van der Waals surface area contributed by atoms with Gasteiger partial charge in [0.15, 0.2) is 0 Å². The Balaban J connectivity index is 2.34. The average Bonchev–Trinajstić information content (AvgIpc) is 2.68. The zero-order valence-electron chi connectivity index (χ0n) is 9.82. The molecule has 6 heteroatoms. The monoisotopic (exact) mass is 362 g/mol. The summed E-state index contributed by atoms with van der Waals surface area (Å²) < 4.78 is 20.2. The minimum atomic E-state index is -0.568. The Morgan fingerprint density at radius 2 is 2.33 bits per heavy atom. The maximum Gasteiger partial charge on any atom is 0.435 e. The fourth-order valence-corrected chi connectivity index (χ4v) is 2.34. The molecular formula is C12H12FIN2O2. The van der Waals surface area contributed by atoms with Crippen molar-refractivity contribution in [3.05, 3.63) is 27.7 Å². The third-order valence-electron chi connectivity index (χ3n) is 2.51. The number of rotatable bonds is 3. The van der Waals surface area contributed by atoms with Gasteiger partial charge in [-0.3, -0.25) is 0 Å². The van der Waals surface area contributed by atoms with Crippen molar-refractivity contribution in [2.45, 2.75) is 19.8 Å². The highest BCUT2D eigenvalue weighted by Crippen LogP contribution is 2.23. The van der Waals surface area contributed by atoms with Crippen LogP contribution in [0.1, 0.15) is 19.8 Å². The van der Waals surface area contributed by atoms with Crippen LogP contribution < -0.4 is 0 Å². The molecule has 0 saturated heterocycles. The van der Waals surface area contributed by atoms with E-state index in [4.69, 9.17) is 4.74 Å². The Hall–Kier alpha value is -1.18. The third kappa shape index (κ3) is 2.47. The van der Waals surface area contributed by atoms with Crippen LogP contribution in [-0.2, 0) is 4.74 Å². The molecule has 0 aliphatic rings. The van der Waals surface area contributed by atoms with Crippen molar-refractivity contribution in [2.75, 3.05) is 6.61 Å². The molecule has 0 aliphatic carbocycles. The van der Waals surface area contributed by atoms with Gasteiger partial charge in [-0.05, 0) is 41.1 Å². The molecule has 0 saturated carbocycles. The smallest absolute Gasteiger partial charge is 0.435 e. The van der Waals surface area contributed by atoms with E-state index in [0.717, 1.165) is 17.5 Å². The summed E-state index contributed by atoms with van der Waals surface area (Å²) in [5.74, 6) is -0.385. The van der Waals surface area contributed by atoms with Crippen molar-refractivity contribution in [3.63, 3.8) is 0 Å². The molecule has 0 amide bonds. The first kappa shape index (κ1) is 13.3. The Morgan fingerprint density at radius 1 is 1.56 bits per heavy atom. The van der Waals surface area contributed by atoms with E-state index in [1.165, 1.54) is 6.07 Å². The van der Waals surface area contributed by atoms with Gasteiger partial charge in [-0.25, -0.2) is 9.18 Å². The molecule has 1 heterocycles. The number of fused-ring (bicyclic) bond motifs is 1. The summed E-state index contributed by atoms with van der Waals surface area (Å²) in [5.41, 5.74) is 0.431. The van der Waals surface area contributed by atoms with Gasteiger partial charge < -0.3 is 4.74 Å². The van der Waals surface area contributed by atoms with E-state index in [9.17, 15) is 9.18 Å². The molecule has 0 fully saturated rings. The first-order valence-corrected chi connectivity index (χ1v) is 6.73. The van der Waals surface area contributed by atoms with E-state index < -0.39 is 6.09 Å². The highest BCUT2D eigenvalue weighted by atomic mass is 127. The number of nitrogens with zero attached hydrogens (tertiary/aromatic N) is 2. The number of halogens is 2. The summed E-state index contributed by atoms with van der Waals surface area (Å²) in [5, 5.41) is 4.37. The molecule has 0 spiro atoms. The van der Waals surface area contributed by atoms with Gasteiger partial charge >= 0.3 is 6.09 Å². The molecule has 1 aromatic heterocycles. The Kier molecular flexibility index (Phi) is 4.15. The van der Waals surface area contributed by atoms with Crippen LogP contribution in [-0.4, -0.2) is 22.5 Å². The van der Waals surface area contributed by atoms with Crippen LogP contribution in [0.25, 0.3) is 10.9 Å². The first-order valence-electron chi connectivity index (χ1n) is 5.65. The molecule has 0 bridgehead atoms. The number of hydrogen-bond acceptors (Lipinski definition) is 3. The Bertz CT molecular complexity index is 583. The summed E-state index contributed by atoms with van der Waals surface area (Å²) in [6.45, 7) is 2.36. The van der Waals surface area contributed by atoms with Gasteiger partial charge in [0, 0.05) is 0 Å². The standard InChI is InChI=1S/C12H12FIN2O2/c1-2-3-7-18-12(17)16-9-6-4-5-8(13)10(9)11(14)15-16/h4-6H,2-3,7H2,1H3. The van der Waals surface area contributed by atoms with E-state index in [-0.39, 0.29) is 5.82 Å². The van der Waals surface area contributed by atoms with Crippen molar-refractivity contribution in [3.8, 4) is 0 Å². The highest BCUT2D eigenvalue weighted by Gasteiger charge is 2.17. The van der Waals surface area contributed by atoms with Crippen molar-refractivity contribution in [1.29, 1.82) is 0 Å². The second-order valence-electron chi connectivity index (χ2n) is 3.80. The first-order chi connectivity index (χ1) is 8.65. The largest absolute Gasteiger partial charge is 0.448 e. The van der Waals surface area contributed by atoms with Crippen LogP contribution in [0, 0.1) is 9.52 Å². The van der Waals surface area contributed by atoms with Crippen molar-refractivity contribution < 1.29 is 13.9 Å². The minimum Gasteiger partial charge on any atom is -0.448 e. The second-order valence-corrected chi connectivity index (χ2v) is 4.83. The van der Waals surface area contributed by atoms with Crippen LogP contribution >= 0.6 is 22.6 Å². The molecule has 2 aromatic rings. The topological polar surface area (TPSA) is 44.1 Å². The predicted molar refractivity (Wildman–Crippen MR) is 74.1 cm³/mol. The molecule has 0 unspecified atom stereocenters. The molecule has 0 aliphatic heterocycles. The number of carbonyl (C=O) groups excluding carboxylic acids is 1. The van der Waals surface area contributed by atoms with Crippen LogP contribution in [0.3, 0.4) is 0 Å². The molecule has 0 N–H and O–H groups in total. The van der Waals surface area contributed by atoms with Gasteiger partial charge in [0.05, 0.1) is 17.5 Å². The molecule has 0 atom stereocenters. The Morgan fingerprint density at radius 3 is 3.06 bits per heavy atom. The number of hydrogen-bond donors (Lipinski definition) is 0. The van der Waals surface area contributed by atoms with Gasteiger partial charge in [-0.2, -0.15) is 9.78 Å². The van der Waals surface area contributed by atoms with E-state index in [1.54, 1.807) is 12.1 Å². The van der Waals surface area contributed by atoms with Crippen LogP contribution in [0.5, 0.6) is 0 Å². The van der Waals surface area contributed by atoms with Crippen LogP contribution in [0.4, 0.5) is 9.18 Å². The highest BCUT2D eigenvalue weighted by molar-refractivity contribution is 14.1. The van der Waals surface area contributed by atoms with Crippen molar-refractivity contribution >= 4 is 39.6 Å². The van der Waals surface area contributed by atoms with E-state index >= 15 is 0 Å². The lowest BCUT2D eigenvalue weighted by Gasteiger charge is -2.03. The van der Waals surface area contributed by atoms with Gasteiger partial charge in [-0.1, -0.05) is 19.4 Å². The molecular weight excluding hydrogens is 350 g/mol. The second kappa shape index (κ2) is 5.64. The van der Waals surface area contributed by atoms with Crippen molar-refractivity contribution in [1.82, 2.24) is 9.78 Å². The average molecular weight is 362 g/mol. The SMILES string of the molecule is CCCCOC(=O)n1nc(I)c2c(F)cccc21. The summed E-state index contributed by atoms with van der Waals surface area (Å²) in [4.78, 5) is 11.8. The summed E-state index contributed by atoms with van der Waals surface area (Å²) in [6.07, 6.45) is 1.18. The lowest BCUT2D eigenvalue weighted by Crippen LogP contribution is -2.15. The number of unbranched alkanes of at least 4 members (excludes halogenated alkanes) is 1. The number of aromatic nitrogens is 2. The maximum absolute atomic E-state index is 13.6. The minimum absolute atomic E-state index is 0.350. The van der Waals surface area contributed by atoms with E-state index in [2.05, 4.69) is 5.10 Å². The van der Waals surface area contributed by atoms with Gasteiger partial charge in [0.2, 0.25) is 0 Å². The molecule has 1 aromatic carbocycles. The molecule has 0 radical (unpaired) electrons. The molecule has 4 nitrogen and oxygen atoms in total. The maximum atomic E-state index is 13.6. The Labute approximate surface area is 117 Å². The normalized spacial score (nSPS) is 10.8. The lowest BCUT2D eigenvalue weighted by molar-refractivity contribution is 0.144. The summed E-state index contributed by atoms with van der Waals surface area (Å²) in [6, 6.07) is 4.54. The molecule has 2 rings (SSSR count). The number of carbonyl (C=O) groups is 1. The zero-order valence-corrected chi connectivity index (χ0v) is 12.0. The summed E-state index contributed by atoms with van der Waals surface area (Å²) in [7, 11) is 0. The van der Waals surface area contributed by atoms with E-state index in [1.807, 2.05) is 29.5 Å². The van der Waals surface area contributed by atoms with Crippen LogP contribution in [0.2, 0.25) is 0 Å². The fourth-order valence-electron chi connectivity index (χ4n) is 1.59.